The summed E-state index contributed by atoms with van der Waals surface area (Å²) >= 11 is 5.81. The number of halogens is 1. The molecule has 2 amide bonds. The van der Waals surface area contributed by atoms with Crippen molar-refractivity contribution in [1.82, 2.24) is 5.32 Å². The summed E-state index contributed by atoms with van der Waals surface area (Å²) in [5.74, 6) is 0.570. The molecule has 1 aliphatic rings. The van der Waals surface area contributed by atoms with E-state index in [-0.39, 0.29) is 24.3 Å². The Bertz CT molecular complexity index is 775. The first-order valence-corrected chi connectivity index (χ1v) is 8.91. The molecule has 5 nitrogen and oxygen atoms in total. The van der Waals surface area contributed by atoms with Gasteiger partial charge in [0.2, 0.25) is 5.91 Å². The van der Waals surface area contributed by atoms with Crippen molar-refractivity contribution in [3.63, 3.8) is 0 Å². The number of amides is 2. The Morgan fingerprint density at radius 3 is 2.58 bits per heavy atom. The second-order valence-corrected chi connectivity index (χ2v) is 6.89. The van der Waals surface area contributed by atoms with Crippen molar-refractivity contribution in [2.45, 2.75) is 13.3 Å². The molecule has 26 heavy (non-hydrogen) atoms. The molecule has 1 atom stereocenters. The van der Waals surface area contributed by atoms with Gasteiger partial charge in [-0.3, -0.25) is 9.59 Å². The van der Waals surface area contributed by atoms with Crippen LogP contribution >= 0.6 is 11.6 Å². The Hall–Kier alpha value is -2.53. The third-order valence-electron chi connectivity index (χ3n) is 4.32. The number of aryl methyl sites for hydroxylation is 1. The molecule has 0 radical (unpaired) electrons. The highest BCUT2D eigenvalue weighted by atomic mass is 35.5. The zero-order chi connectivity index (χ0) is 18.5. The molecule has 2 aromatic rings. The van der Waals surface area contributed by atoms with Gasteiger partial charge in [0.25, 0.3) is 5.91 Å². The molecule has 0 aromatic heterocycles. The van der Waals surface area contributed by atoms with E-state index >= 15 is 0 Å². The number of nitrogens with one attached hydrogen (secondary N) is 1. The van der Waals surface area contributed by atoms with E-state index in [1.807, 2.05) is 31.2 Å². The maximum absolute atomic E-state index is 12.2. The van der Waals surface area contributed by atoms with E-state index in [0.29, 0.717) is 30.3 Å². The van der Waals surface area contributed by atoms with Crippen molar-refractivity contribution in [3.05, 3.63) is 59.1 Å². The van der Waals surface area contributed by atoms with E-state index in [9.17, 15) is 9.59 Å². The lowest BCUT2D eigenvalue weighted by atomic mass is 10.1. The molecule has 1 fully saturated rings. The van der Waals surface area contributed by atoms with E-state index in [1.165, 1.54) is 0 Å². The number of nitrogens with zero attached hydrogens (tertiary/aromatic N) is 1. The van der Waals surface area contributed by atoms with Gasteiger partial charge in [-0.1, -0.05) is 29.3 Å². The molecule has 3 rings (SSSR count). The molecule has 0 spiro atoms. The van der Waals surface area contributed by atoms with Crippen LogP contribution < -0.4 is 15.0 Å². The van der Waals surface area contributed by atoms with E-state index < -0.39 is 0 Å². The number of carbonyl (C=O) groups is 2. The molecule has 1 saturated heterocycles. The van der Waals surface area contributed by atoms with Gasteiger partial charge in [0, 0.05) is 36.1 Å². The number of benzene rings is 2. The van der Waals surface area contributed by atoms with Gasteiger partial charge in [-0.05, 0) is 43.3 Å². The Labute approximate surface area is 157 Å². The second kappa shape index (κ2) is 8.23. The van der Waals surface area contributed by atoms with Gasteiger partial charge < -0.3 is 15.0 Å². The summed E-state index contributed by atoms with van der Waals surface area (Å²) in [7, 11) is 0. The first-order valence-electron chi connectivity index (χ1n) is 8.53. The topological polar surface area (TPSA) is 58.6 Å². The summed E-state index contributed by atoms with van der Waals surface area (Å²) in [5, 5.41) is 3.46. The predicted molar refractivity (Wildman–Crippen MR) is 102 cm³/mol. The van der Waals surface area contributed by atoms with E-state index in [2.05, 4.69) is 5.32 Å². The highest BCUT2D eigenvalue weighted by Gasteiger charge is 2.30. The number of hydrogen-bond acceptors (Lipinski definition) is 3. The standard InChI is InChI=1S/C20H21ClN2O3/c1-14-2-6-17(7-3-14)23-12-15(10-20(23)25)11-22-19(24)13-26-18-8-4-16(21)5-9-18/h2-9,15H,10-13H2,1H3,(H,22,24). The van der Waals surface area contributed by atoms with Crippen molar-refractivity contribution in [1.29, 1.82) is 0 Å². The van der Waals surface area contributed by atoms with Crippen LogP contribution in [0.2, 0.25) is 5.02 Å². The van der Waals surface area contributed by atoms with Crippen LogP contribution in [0.1, 0.15) is 12.0 Å². The molecule has 0 aliphatic carbocycles. The molecule has 0 bridgehead atoms. The van der Waals surface area contributed by atoms with Gasteiger partial charge in [0.15, 0.2) is 6.61 Å². The number of hydrogen-bond donors (Lipinski definition) is 1. The summed E-state index contributed by atoms with van der Waals surface area (Å²) in [6, 6.07) is 14.7. The van der Waals surface area contributed by atoms with Crippen molar-refractivity contribution in [2.24, 2.45) is 5.92 Å². The fourth-order valence-corrected chi connectivity index (χ4v) is 3.01. The van der Waals surface area contributed by atoms with Crippen LogP contribution in [0.25, 0.3) is 0 Å². The molecule has 6 heteroatoms. The third-order valence-corrected chi connectivity index (χ3v) is 4.57. The molecule has 1 N–H and O–H groups in total. The van der Waals surface area contributed by atoms with E-state index in [1.54, 1.807) is 29.2 Å². The SMILES string of the molecule is Cc1ccc(N2CC(CNC(=O)COc3ccc(Cl)cc3)CC2=O)cc1. The van der Waals surface area contributed by atoms with Crippen molar-refractivity contribution in [3.8, 4) is 5.75 Å². The summed E-state index contributed by atoms with van der Waals surface area (Å²) in [6.45, 7) is 3.02. The second-order valence-electron chi connectivity index (χ2n) is 6.46. The average Bonchev–Trinajstić information content (AvgIpc) is 3.01. The fraction of sp³-hybridized carbons (Fsp3) is 0.300. The molecule has 0 saturated carbocycles. The largest absolute Gasteiger partial charge is 0.484 e. The van der Waals surface area contributed by atoms with Gasteiger partial charge in [0.05, 0.1) is 0 Å². The Morgan fingerprint density at radius 1 is 1.19 bits per heavy atom. The maximum Gasteiger partial charge on any atom is 0.257 e. The molecule has 136 valence electrons. The summed E-state index contributed by atoms with van der Waals surface area (Å²) < 4.78 is 5.41. The van der Waals surface area contributed by atoms with Gasteiger partial charge >= 0.3 is 0 Å². The summed E-state index contributed by atoms with van der Waals surface area (Å²) in [5.41, 5.74) is 2.06. The number of carbonyl (C=O) groups excluding carboxylic acids is 2. The minimum atomic E-state index is -0.207. The van der Waals surface area contributed by atoms with Gasteiger partial charge in [0.1, 0.15) is 5.75 Å². The molecule has 1 aliphatic heterocycles. The van der Waals surface area contributed by atoms with E-state index in [0.717, 1.165) is 11.3 Å². The summed E-state index contributed by atoms with van der Waals surface area (Å²) in [6.07, 6.45) is 0.437. The first-order chi connectivity index (χ1) is 12.5. The Balaban J connectivity index is 1.44. The maximum atomic E-state index is 12.2. The van der Waals surface area contributed by atoms with Crippen LogP contribution in [0.15, 0.2) is 48.5 Å². The molecular weight excluding hydrogens is 352 g/mol. The van der Waals surface area contributed by atoms with E-state index in [4.69, 9.17) is 16.3 Å². The fourth-order valence-electron chi connectivity index (χ4n) is 2.88. The minimum Gasteiger partial charge on any atom is -0.484 e. The Kier molecular flexibility index (Phi) is 5.78. The van der Waals surface area contributed by atoms with Crippen LogP contribution in [0.3, 0.4) is 0 Å². The smallest absolute Gasteiger partial charge is 0.257 e. The predicted octanol–water partition coefficient (Wildman–Crippen LogP) is 3.20. The zero-order valence-corrected chi connectivity index (χ0v) is 15.3. The molecule has 2 aromatic carbocycles. The third kappa shape index (κ3) is 4.76. The van der Waals surface area contributed by atoms with Crippen LogP contribution in [-0.2, 0) is 9.59 Å². The number of anilines is 1. The van der Waals surface area contributed by atoms with Gasteiger partial charge in [-0.15, -0.1) is 0 Å². The van der Waals surface area contributed by atoms with Crippen molar-refractivity contribution >= 4 is 29.1 Å². The lowest BCUT2D eigenvalue weighted by Crippen LogP contribution is -2.34. The zero-order valence-electron chi connectivity index (χ0n) is 14.6. The van der Waals surface area contributed by atoms with Crippen molar-refractivity contribution < 1.29 is 14.3 Å². The summed E-state index contributed by atoms with van der Waals surface area (Å²) in [4.78, 5) is 26.0. The first kappa shape index (κ1) is 18.3. The monoisotopic (exact) mass is 372 g/mol. The lowest BCUT2D eigenvalue weighted by molar-refractivity contribution is -0.123. The average molecular weight is 373 g/mol. The number of ether oxygens (including phenoxy) is 1. The number of rotatable bonds is 6. The quantitative estimate of drug-likeness (QED) is 0.847. The van der Waals surface area contributed by atoms with Crippen LogP contribution in [-0.4, -0.2) is 31.5 Å². The lowest BCUT2D eigenvalue weighted by Gasteiger charge is -2.17. The van der Waals surface area contributed by atoms with Gasteiger partial charge in [-0.2, -0.15) is 0 Å². The normalized spacial score (nSPS) is 16.6. The van der Waals surface area contributed by atoms with Crippen LogP contribution in [0, 0.1) is 12.8 Å². The Morgan fingerprint density at radius 2 is 1.88 bits per heavy atom. The highest BCUT2D eigenvalue weighted by Crippen LogP contribution is 2.25. The van der Waals surface area contributed by atoms with Gasteiger partial charge in [-0.25, -0.2) is 0 Å². The van der Waals surface area contributed by atoms with Crippen LogP contribution in [0.4, 0.5) is 5.69 Å². The van der Waals surface area contributed by atoms with Crippen molar-refractivity contribution in [2.75, 3.05) is 24.6 Å². The van der Waals surface area contributed by atoms with Crippen LogP contribution in [0.5, 0.6) is 5.75 Å². The minimum absolute atomic E-state index is 0.0655. The molecule has 1 heterocycles. The highest BCUT2D eigenvalue weighted by molar-refractivity contribution is 6.30. The molecule has 1 unspecified atom stereocenters. The molecular formula is C20H21ClN2O3.